The number of halogens is 1. The molecule has 0 saturated carbocycles. The third-order valence-electron chi connectivity index (χ3n) is 3.19. The molecule has 2 rings (SSSR count). The number of unbranched alkanes of at least 4 members (excludes halogenated alkanes) is 1. The van der Waals surface area contributed by atoms with Crippen LogP contribution in [0.3, 0.4) is 0 Å². The molecule has 0 saturated heterocycles. The molecule has 20 heavy (non-hydrogen) atoms. The molecular formula is C17H17ClN2. The van der Waals surface area contributed by atoms with E-state index in [0.717, 1.165) is 30.8 Å². The lowest BCUT2D eigenvalue weighted by molar-refractivity contribution is 0.786. The second kappa shape index (κ2) is 6.98. The van der Waals surface area contributed by atoms with E-state index < -0.39 is 0 Å². The van der Waals surface area contributed by atoms with E-state index in [1.165, 1.54) is 0 Å². The second-order valence-corrected chi connectivity index (χ2v) is 5.02. The maximum atomic E-state index is 8.96. The van der Waals surface area contributed by atoms with Crippen LogP contribution in [0.2, 0.25) is 5.02 Å². The highest BCUT2D eigenvalue weighted by Crippen LogP contribution is 2.29. The maximum absolute atomic E-state index is 8.96. The Morgan fingerprint density at radius 1 is 1.10 bits per heavy atom. The minimum Gasteiger partial charge on any atom is -0.341 e. The molecule has 0 aliphatic rings. The Kier molecular flexibility index (Phi) is 5.03. The molecule has 0 atom stereocenters. The fourth-order valence-electron chi connectivity index (χ4n) is 2.09. The third-order valence-corrected chi connectivity index (χ3v) is 3.50. The number of nitrogens with zero attached hydrogens (tertiary/aromatic N) is 2. The summed E-state index contributed by atoms with van der Waals surface area (Å²) < 4.78 is 0. The van der Waals surface area contributed by atoms with Gasteiger partial charge in [-0.15, -0.1) is 0 Å². The Bertz CT molecular complexity index is 602. The zero-order valence-corrected chi connectivity index (χ0v) is 12.3. The van der Waals surface area contributed by atoms with Crippen LogP contribution in [0.25, 0.3) is 0 Å². The molecule has 0 fully saturated rings. The summed E-state index contributed by atoms with van der Waals surface area (Å²) in [5.41, 5.74) is 2.68. The molecular weight excluding hydrogens is 268 g/mol. The number of rotatable bonds is 5. The van der Waals surface area contributed by atoms with Crippen LogP contribution < -0.4 is 4.90 Å². The molecule has 0 aliphatic heterocycles. The van der Waals surface area contributed by atoms with Crippen molar-refractivity contribution in [3.05, 3.63) is 59.1 Å². The Morgan fingerprint density at radius 2 is 1.85 bits per heavy atom. The number of hydrogen-bond acceptors (Lipinski definition) is 2. The van der Waals surface area contributed by atoms with Gasteiger partial charge in [-0.3, -0.25) is 0 Å². The summed E-state index contributed by atoms with van der Waals surface area (Å²) >= 11 is 6.15. The van der Waals surface area contributed by atoms with Crippen LogP contribution in [0, 0.1) is 11.3 Å². The quantitative estimate of drug-likeness (QED) is 0.759. The molecule has 0 unspecified atom stereocenters. The van der Waals surface area contributed by atoms with Gasteiger partial charge in [0.2, 0.25) is 0 Å². The van der Waals surface area contributed by atoms with Crippen LogP contribution >= 0.6 is 11.6 Å². The molecule has 0 aromatic heterocycles. The maximum Gasteiger partial charge on any atom is 0.101 e. The molecule has 0 radical (unpaired) electrons. The van der Waals surface area contributed by atoms with Crippen LogP contribution in [-0.4, -0.2) is 6.54 Å². The average molecular weight is 285 g/mol. The predicted octanol–water partition coefficient (Wildman–Crippen LogP) is 5.15. The fourth-order valence-corrected chi connectivity index (χ4v) is 2.31. The lowest BCUT2D eigenvalue weighted by Gasteiger charge is -2.25. The van der Waals surface area contributed by atoms with E-state index in [2.05, 4.69) is 30.0 Å². The molecule has 2 aromatic carbocycles. The van der Waals surface area contributed by atoms with E-state index in [1.807, 2.05) is 30.3 Å². The summed E-state index contributed by atoms with van der Waals surface area (Å²) in [5.74, 6) is 0. The van der Waals surface area contributed by atoms with E-state index in [0.29, 0.717) is 10.6 Å². The van der Waals surface area contributed by atoms with Crippen molar-refractivity contribution in [3.63, 3.8) is 0 Å². The van der Waals surface area contributed by atoms with Gasteiger partial charge >= 0.3 is 0 Å². The normalized spacial score (nSPS) is 10.1. The van der Waals surface area contributed by atoms with E-state index in [4.69, 9.17) is 16.9 Å². The van der Waals surface area contributed by atoms with Crippen LogP contribution in [0.4, 0.5) is 11.4 Å². The van der Waals surface area contributed by atoms with Crippen LogP contribution in [0.5, 0.6) is 0 Å². The number of anilines is 2. The topological polar surface area (TPSA) is 27.0 Å². The van der Waals surface area contributed by atoms with Crippen LogP contribution in [0.1, 0.15) is 25.3 Å². The van der Waals surface area contributed by atoms with Crippen LogP contribution in [-0.2, 0) is 0 Å². The van der Waals surface area contributed by atoms with Gasteiger partial charge in [-0.25, -0.2) is 0 Å². The number of nitriles is 1. The van der Waals surface area contributed by atoms with Crippen molar-refractivity contribution < 1.29 is 0 Å². The first-order valence-corrected chi connectivity index (χ1v) is 7.16. The third kappa shape index (κ3) is 3.31. The second-order valence-electron chi connectivity index (χ2n) is 4.62. The Morgan fingerprint density at radius 3 is 2.45 bits per heavy atom. The summed E-state index contributed by atoms with van der Waals surface area (Å²) in [7, 11) is 0. The van der Waals surface area contributed by atoms with Gasteiger partial charge in [-0.2, -0.15) is 5.26 Å². The zero-order chi connectivity index (χ0) is 14.4. The fraction of sp³-hybridized carbons (Fsp3) is 0.235. The van der Waals surface area contributed by atoms with E-state index in [-0.39, 0.29) is 0 Å². The number of para-hydroxylation sites is 1. The Hall–Kier alpha value is -1.98. The van der Waals surface area contributed by atoms with Gasteiger partial charge in [0.1, 0.15) is 6.07 Å². The minimum atomic E-state index is 0.502. The predicted molar refractivity (Wildman–Crippen MR) is 84.5 cm³/mol. The number of benzene rings is 2. The molecule has 0 aliphatic carbocycles. The van der Waals surface area contributed by atoms with E-state index in [1.54, 1.807) is 6.07 Å². The zero-order valence-electron chi connectivity index (χ0n) is 11.5. The first-order chi connectivity index (χ1) is 9.76. The first kappa shape index (κ1) is 14.4. The monoisotopic (exact) mass is 284 g/mol. The molecule has 102 valence electrons. The highest BCUT2D eigenvalue weighted by atomic mass is 35.5. The first-order valence-electron chi connectivity index (χ1n) is 6.78. The molecule has 3 heteroatoms. The molecule has 0 spiro atoms. The van der Waals surface area contributed by atoms with Crippen molar-refractivity contribution in [2.45, 2.75) is 19.8 Å². The average Bonchev–Trinajstić information content (AvgIpc) is 2.49. The minimum absolute atomic E-state index is 0.502. The highest BCUT2D eigenvalue weighted by molar-refractivity contribution is 6.32. The molecule has 2 aromatic rings. The summed E-state index contributed by atoms with van der Waals surface area (Å²) in [4.78, 5) is 2.23. The van der Waals surface area contributed by atoms with Gasteiger partial charge in [0, 0.05) is 17.9 Å². The van der Waals surface area contributed by atoms with Gasteiger partial charge in [-0.05, 0) is 36.8 Å². The van der Waals surface area contributed by atoms with E-state index in [9.17, 15) is 0 Å². The van der Waals surface area contributed by atoms with Gasteiger partial charge in [0.25, 0.3) is 0 Å². The van der Waals surface area contributed by atoms with Gasteiger partial charge < -0.3 is 4.90 Å². The largest absolute Gasteiger partial charge is 0.341 e. The molecule has 2 nitrogen and oxygen atoms in total. The van der Waals surface area contributed by atoms with Gasteiger partial charge in [-0.1, -0.05) is 43.1 Å². The molecule has 0 bridgehead atoms. The van der Waals surface area contributed by atoms with Gasteiger partial charge in [0.05, 0.1) is 10.6 Å². The smallest absolute Gasteiger partial charge is 0.101 e. The Balaban J connectivity index is 2.36. The standard InChI is InChI=1S/C17H17ClN2/c1-2-3-11-20(15-7-5-4-6-8-15)16-10-9-14(13-19)17(18)12-16/h4-10,12H,2-3,11H2,1H3. The SMILES string of the molecule is CCCCN(c1ccccc1)c1ccc(C#N)c(Cl)c1. The summed E-state index contributed by atoms with van der Waals surface area (Å²) in [5, 5.41) is 9.46. The van der Waals surface area contributed by atoms with E-state index >= 15 is 0 Å². The van der Waals surface area contributed by atoms with Crippen molar-refractivity contribution in [1.29, 1.82) is 5.26 Å². The van der Waals surface area contributed by atoms with Crippen molar-refractivity contribution in [2.24, 2.45) is 0 Å². The van der Waals surface area contributed by atoms with Crippen molar-refractivity contribution >= 4 is 23.0 Å². The molecule has 0 amide bonds. The lowest BCUT2D eigenvalue weighted by Crippen LogP contribution is -2.18. The van der Waals surface area contributed by atoms with Crippen molar-refractivity contribution in [1.82, 2.24) is 0 Å². The summed E-state index contributed by atoms with van der Waals surface area (Å²) in [6.07, 6.45) is 2.24. The molecule has 0 heterocycles. The number of hydrogen-bond donors (Lipinski definition) is 0. The Labute approximate surface area is 125 Å². The summed E-state index contributed by atoms with van der Waals surface area (Å²) in [6, 6.07) is 17.9. The van der Waals surface area contributed by atoms with Crippen LogP contribution in [0.15, 0.2) is 48.5 Å². The van der Waals surface area contributed by atoms with Gasteiger partial charge in [0.15, 0.2) is 0 Å². The van der Waals surface area contributed by atoms with Crippen molar-refractivity contribution in [3.8, 4) is 6.07 Å². The molecule has 0 N–H and O–H groups in total. The lowest BCUT2D eigenvalue weighted by atomic mass is 10.1. The summed E-state index contributed by atoms with van der Waals surface area (Å²) in [6.45, 7) is 3.11. The van der Waals surface area contributed by atoms with Crippen molar-refractivity contribution in [2.75, 3.05) is 11.4 Å². The highest BCUT2D eigenvalue weighted by Gasteiger charge is 2.10.